The molecule has 1 aliphatic heterocycles. The molecule has 1 aromatic heterocycles. The van der Waals surface area contributed by atoms with Crippen LogP contribution < -0.4 is 15.8 Å². The summed E-state index contributed by atoms with van der Waals surface area (Å²) in [4.78, 5) is 27.7. The van der Waals surface area contributed by atoms with Crippen LogP contribution in [0.1, 0.15) is 37.7 Å². The smallest absolute Gasteiger partial charge is 0.293 e. The minimum Gasteiger partial charge on any atom is -0.462 e. The molecule has 1 amide bonds. The number of nitrogens with one attached hydrogen (secondary N) is 2. The molecule has 0 spiro atoms. The third-order valence-electron chi connectivity index (χ3n) is 4.86. The molecule has 2 heterocycles. The average molecular weight is 573 g/mol. The average Bonchev–Trinajstić information content (AvgIpc) is 3.25. The monoisotopic (exact) mass is 572 g/mol. The van der Waals surface area contributed by atoms with E-state index < -0.39 is 10.0 Å². The highest BCUT2D eigenvalue weighted by atomic mass is 35.5. The highest BCUT2D eigenvalue weighted by Crippen LogP contribution is 2.21. The first-order valence-corrected chi connectivity index (χ1v) is 14.3. The molecule has 1 saturated heterocycles. The number of carbonyl (C=O) groups is 2. The Morgan fingerprint density at radius 1 is 1.32 bits per heavy atom. The summed E-state index contributed by atoms with van der Waals surface area (Å²) < 4.78 is 35.7. The van der Waals surface area contributed by atoms with Crippen LogP contribution in [0, 0.1) is 0 Å². The predicted molar refractivity (Wildman–Crippen MR) is 146 cm³/mol. The number of aromatic nitrogens is 2. The number of piperazine rings is 1. The Labute approximate surface area is 226 Å². The molecule has 0 radical (unpaired) electrons. The SMILES string of the molecule is CC(C)(C)OC=O.NCc1c(Cl)cccc1C=CCS(=O)(=O)Nc1nc(CC(=O)N2CCNCC2)ns1. The Balaban J connectivity index is 0.000000604. The van der Waals surface area contributed by atoms with Gasteiger partial charge >= 0.3 is 0 Å². The molecule has 0 aliphatic carbocycles. The van der Waals surface area contributed by atoms with Crippen LogP contribution in [0.15, 0.2) is 24.3 Å². The Hall–Kier alpha value is -2.58. The van der Waals surface area contributed by atoms with Gasteiger partial charge in [0.05, 0.1) is 12.2 Å². The Bertz CT molecular complexity index is 1170. The summed E-state index contributed by atoms with van der Waals surface area (Å²) >= 11 is 7.02. The number of carbonyl (C=O) groups excluding carboxylic acids is 2. The van der Waals surface area contributed by atoms with Crippen molar-refractivity contribution in [3.63, 3.8) is 0 Å². The van der Waals surface area contributed by atoms with E-state index >= 15 is 0 Å². The van der Waals surface area contributed by atoms with Gasteiger partial charge in [0, 0.05) is 49.3 Å². The van der Waals surface area contributed by atoms with Gasteiger partial charge in [-0.1, -0.05) is 35.9 Å². The lowest BCUT2D eigenvalue weighted by atomic mass is 10.1. The first-order chi connectivity index (χ1) is 17.4. The van der Waals surface area contributed by atoms with Crippen molar-refractivity contribution in [2.45, 2.75) is 39.3 Å². The van der Waals surface area contributed by atoms with Crippen molar-refractivity contribution in [2.24, 2.45) is 5.73 Å². The molecular formula is C23H33ClN6O5S2. The summed E-state index contributed by atoms with van der Waals surface area (Å²) in [5.41, 5.74) is 6.91. The number of nitrogens with zero attached hydrogens (tertiary/aromatic N) is 3. The normalized spacial score (nSPS) is 14.1. The van der Waals surface area contributed by atoms with Crippen molar-refractivity contribution >= 4 is 56.7 Å². The van der Waals surface area contributed by atoms with Crippen LogP contribution in [0.25, 0.3) is 6.08 Å². The van der Waals surface area contributed by atoms with E-state index in [1.807, 2.05) is 26.8 Å². The standard InChI is InChI=1S/C18H23ClN6O3S2.C5H10O2/c19-15-5-1-3-13(14(15)12-20)4-2-10-30(27,28)24-18-22-16(23-29-18)11-17(26)25-8-6-21-7-9-25;1-5(2,3)7-4-6/h1-5,21H,6-12,20H2,(H,22,23,24);4H,1-3H3. The predicted octanol–water partition coefficient (Wildman–Crippen LogP) is 2.04. The molecule has 3 rings (SSSR count). The molecule has 0 unspecified atom stereocenters. The quantitative estimate of drug-likeness (QED) is 0.382. The molecule has 11 nitrogen and oxygen atoms in total. The fourth-order valence-corrected chi connectivity index (χ4v) is 5.07. The number of rotatable bonds is 9. The third-order valence-corrected chi connectivity index (χ3v) is 7.15. The zero-order valence-corrected chi connectivity index (χ0v) is 23.5. The van der Waals surface area contributed by atoms with E-state index in [9.17, 15) is 18.0 Å². The highest BCUT2D eigenvalue weighted by molar-refractivity contribution is 7.93. The van der Waals surface area contributed by atoms with Crippen LogP contribution in [0.2, 0.25) is 5.02 Å². The molecule has 14 heteroatoms. The van der Waals surface area contributed by atoms with E-state index in [2.05, 4.69) is 24.1 Å². The van der Waals surface area contributed by atoms with Crippen molar-refractivity contribution < 1.29 is 22.7 Å². The van der Waals surface area contributed by atoms with E-state index in [0.717, 1.165) is 35.7 Å². The lowest BCUT2D eigenvalue weighted by Crippen LogP contribution is -2.47. The Morgan fingerprint density at radius 2 is 2.03 bits per heavy atom. The van der Waals surface area contributed by atoms with Crippen LogP contribution in [0.3, 0.4) is 0 Å². The molecular weight excluding hydrogens is 540 g/mol. The Kier molecular flexibility index (Phi) is 11.9. The summed E-state index contributed by atoms with van der Waals surface area (Å²) in [6.45, 7) is 8.99. The van der Waals surface area contributed by atoms with Gasteiger partial charge in [-0.05, 0) is 38.0 Å². The number of amides is 1. The van der Waals surface area contributed by atoms with E-state index in [0.29, 0.717) is 30.4 Å². The van der Waals surface area contributed by atoms with Gasteiger partial charge < -0.3 is 20.7 Å². The Morgan fingerprint density at radius 3 is 2.62 bits per heavy atom. The molecule has 37 heavy (non-hydrogen) atoms. The molecule has 0 atom stereocenters. The molecule has 2 aromatic rings. The van der Waals surface area contributed by atoms with Crippen molar-refractivity contribution in [1.82, 2.24) is 19.6 Å². The van der Waals surface area contributed by atoms with Gasteiger partial charge in [-0.2, -0.15) is 4.37 Å². The van der Waals surface area contributed by atoms with Gasteiger partial charge in [0.25, 0.3) is 6.47 Å². The summed E-state index contributed by atoms with van der Waals surface area (Å²) in [7, 11) is -3.67. The van der Waals surface area contributed by atoms with Crippen LogP contribution in [-0.2, 0) is 37.3 Å². The number of hydrogen-bond acceptors (Lipinski definition) is 10. The summed E-state index contributed by atoms with van der Waals surface area (Å²) in [5.74, 6) is -0.00910. The van der Waals surface area contributed by atoms with Crippen molar-refractivity contribution in [3.8, 4) is 0 Å². The van der Waals surface area contributed by atoms with E-state index in [4.69, 9.17) is 17.3 Å². The molecule has 1 aromatic carbocycles. The number of anilines is 1. The number of hydrogen-bond donors (Lipinski definition) is 3. The summed E-state index contributed by atoms with van der Waals surface area (Å²) in [5, 5.41) is 3.86. The van der Waals surface area contributed by atoms with E-state index in [-0.39, 0.29) is 35.4 Å². The number of ether oxygens (including phenoxy) is 1. The lowest BCUT2D eigenvalue weighted by Gasteiger charge is -2.27. The van der Waals surface area contributed by atoms with Crippen LogP contribution in [0.5, 0.6) is 0 Å². The molecule has 1 fully saturated rings. The van der Waals surface area contributed by atoms with Crippen LogP contribution in [-0.4, -0.2) is 72.6 Å². The molecule has 1 aliphatic rings. The van der Waals surface area contributed by atoms with Gasteiger partial charge in [-0.25, -0.2) is 13.4 Å². The second-order valence-electron chi connectivity index (χ2n) is 8.95. The van der Waals surface area contributed by atoms with Gasteiger partial charge in [-0.3, -0.25) is 14.3 Å². The minimum absolute atomic E-state index is 0.0504. The number of halogens is 1. The lowest BCUT2D eigenvalue weighted by molar-refractivity contribution is -0.138. The van der Waals surface area contributed by atoms with Crippen molar-refractivity contribution in [1.29, 1.82) is 0 Å². The van der Waals surface area contributed by atoms with Crippen LogP contribution in [0.4, 0.5) is 5.13 Å². The molecule has 0 saturated carbocycles. The van der Waals surface area contributed by atoms with Gasteiger partial charge in [0.15, 0.2) is 5.82 Å². The third kappa shape index (κ3) is 11.1. The number of sulfonamides is 1. The maximum atomic E-state index is 12.3. The maximum Gasteiger partial charge on any atom is 0.293 e. The fraction of sp³-hybridized carbons (Fsp3) is 0.478. The topological polar surface area (TPSA) is 157 Å². The maximum absolute atomic E-state index is 12.3. The second-order valence-corrected chi connectivity index (χ2v) is 11.9. The van der Waals surface area contributed by atoms with Gasteiger partial charge in [0.1, 0.15) is 5.60 Å². The number of nitrogens with two attached hydrogens (primary N) is 1. The fourth-order valence-electron chi connectivity index (χ4n) is 3.10. The van der Waals surface area contributed by atoms with Crippen LogP contribution >= 0.6 is 23.1 Å². The van der Waals surface area contributed by atoms with Crippen molar-refractivity contribution in [2.75, 3.05) is 36.7 Å². The number of benzene rings is 1. The first-order valence-electron chi connectivity index (χ1n) is 11.5. The highest BCUT2D eigenvalue weighted by Gasteiger charge is 2.19. The zero-order chi connectivity index (χ0) is 27.5. The molecule has 204 valence electrons. The van der Waals surface area contributed by atoms with Gasteiger partial charge in [0.2, 0.25) is 21.1 Å². The van der Waals surface area contributed by atoms with E-state index in [1.165, 1.54) is 6.08 Å². The zero-order valence-electron chi connectivity index (χ0n) is 21.1. The molecule has 4 N–H and O–H groups in total. The summed E-state index contributed by atoms with van der Waals surface area (Å²) in [6, 6.07) is 5.33. The van der Waals surface area contributed by atoms with Gasteiger partial charge in [-0.15, -0.1) is 0 Å². The summed E-state index contributed by atoms with van der Waals surface area (Å²) in [6.07, 6.45) is 3.24. The largest absolute Gasteiger partial charge is 0.462 e. The minimum atomic E-state index is -3.67. The van der Waals surface area contributed by atoms with Crippen molar-refractivity contribution in [3.05, 3.63) is 46.2 Å². The first kappa shape index (κ1) is 30.6. The van der Waals surface area contributed by atoms with E-state index in [1.54, 1.807) is 23.1 Å². The molecule has 0 bridgehead atoms. The second kappa shape index (κ2) is 14.4.